The van der Waals surface area contributed by atoms with Crippen molar-refractivity contribution in [3.05, 3.63) is 54.1 Å². The van der Waals surface area contributed by atoms with Gasteiger partial charge in [-0.1, -0.05) is 30.3 Å². The molecule has 1 aromatic heterocycles. The number of aliphatic hydroxyl groups excluding tert-OH is 1. The molecule has 0 aliphatic heterocycles. The first-order valence-corrected chi connectivity index (χ1v) is 5.26. The first-order valence-electron chi connectivity index (χ1n) is 5.26. The van der Waals surface area contributed by atoms with E-state index in [-0.39, 0.29) is 12.6 Å². The molecule has 1 atom stereocenters. The van der Waals surface area contributed by atoms with E-state index >= 15 is 0 Å². The van der Waals surface area contributed by atoms with E-state index in [4.69, 9.17) is 0 Å². The van der Waals surface area contributed by atoms with Gasteiger partial charge in [-0.2, -0.15) is 0 Å². The van der Waals surface area contributed by atoms with E-state index in [0.717, 1.165) is 11.3 Å². The third-order valence-electron chi connectivity index (χ3n) is 2.48. The maximum Gasteiger partial charge on any atom is 0.0922 e. The summed E-state index contributed by atoms with van der Waals surface area (Å²) >= 11 is 0. The van der Waals surface area contributed by atoms with Crippen LogP contribution in [0.15, 0.2) is 42.9 Å². The summed E-state index contributed by atoms with van der Waals surface area (Å²) in [5.74, 6) is 0. The van der Waals surface area contributed by atoms with Gasteiger partial charge in [0.2, 0.25) is 0 Å². The van der Waals surface area contributed by atoms with Crippen molar-refractivity contribution in [2.24, 2.45) is 0 Å². The number of hydrogen-bond donors (Lipinski definition) is 3. The van der Waals surface area contributed by atoms with E-state index in [1.54, 1.807) is 12.5 Å². The van der Waals surface area contributed by atoms with Crippen LogP contribution in [0.5, 0.6) is 0 Å². The maximum atomic E-state index is 9.32. The highest BCUT2D eigenvalue weighted by atomic mass is 16.3. The van der Waals surface area contributed by atoms with Crippen LogP contribution in [-0.2, 0) is 6.54 Å². The second-order valence-corrected chi connectivity index (χ2v) is 3.60. The average molecular weight is 217 g/mol. The van der Waals surface area contributed by atoms with Gasteiger partial charge in [-0.15, -0.1) is 0 Å². The van der Waals surface area contributed by atoms with Crippen LogP contribution >= 0.6 is 0 Å². The lowest BCUT2D eigenvalue weighted by molar-refractivity contribution is 0.243. The Bertz CT molecular complexity index is 399. The van der Waals surface area contributed by atoms with Crippen LogP contribution in [-0.4, -0.2) is 21.7 Å². The molecule has 0 amide bonds. The molecule has 0 radical (unpaired) electrons. The fraction of sp³-hybridized carbons (Fsp3) is 0.250. The fourth-order valence-corrected chi connectivity index (χ4v) is 1.59. The Balaban J connectivity index is 1.96. The van der Waals surface area contributed by atoms with Crippen LogP contribution in [0.25, 0.3) is 0 Å². The highest BCUT2D eigenvalue weighted by Crippen LogP contribution is 2.11. The molecule has 0 aliphatic carbocycles. The largest absolute Gasteiger partial charge is 0.394 e. The quantitative estimate of drug-likeness (QED) is 0.706. The topological polar surface area (TPSA) is 60.9 Å². The summed E-state index contributed by atoms with van der Waals surface area (Å²) in [6.45, 7) is 0.748. The predicted octanol–water partition coefficient (Wildman–Crippen LogP) is 1.23. The van der Waals surface area contributed by atoms with Crippen LogP contribution in [0, 0.1) is 0 Å². The second kappa shape index (κ2) is 5.44. The van der Waals surface area contributed by atoms with Crippen molar-refractivity contribution in [3.8, 4) is 0 Å². The van der Waals surface area contributed by atoms with Crippen LogP contribution in [0.2, 0.25) is 0 Å². The van der Waals surface area contributed by atoms with Crippen molar-refractivity contribution >= 4 is 0 Å². The van der Waals surface area contributed by atoms with Gasteiger partial charge >= 0.3 is 0 Å². The number of hydrogen-bond acceptors (Lipinski definition) is 3. The summed E-state index contributed by atoms with van der Waals surface area (Å²) in [6, 6.07) is 9.87. The average Bonchev–Trinajstić information content (AvgIpc) is 2.84. The highest BCUT2D eigenvalue weighted by molar-refractivity contribution is 5.19. The molecule has 0 spiro atoms. The van der Waals surface area contributed by atoms with Gasteiger partial charge in [0.05, 0.1) is 19.0 Å². The van der Waals surface area contributed by atoms with Crippen molar-refractivity contribution in [1.82, 2.24) is 15.3 Å². The van der Waals surface area contributed by atoms with E-state index < -0.39 is 0 Å². The number of aromatic nitrogens is 2. The van der Waals surface area contributed by atoms with Gasteiger partial charge < -0.3 is 15.4 Å². The van der Waals surface area contributed by atoms with Crippen molar-refractivity contribution in [3.63, 3.8) is 0 Å². The van der Waals surface area contributed by atoms with Crippen molar-refractivity contribution in [2.45, 2.75) is 12.6 Å². The third-order valence-corrected chi connectivity index (χ3v) is 2.48. The summed E-state index contributed by atoms with van der Waals surface area (Å²) in [5, 5.41) is 12.6. The van der Waals surface area contributed by atoms with E-state index in [1.807, 2.05) is 30.3 Å². The number of H-pyrrole nitrogens is 1. The van der Waals surface area contributed by atoms with E-state index in [2.05, 4.69) is 15.3 Å². The Kier molecular flexibility index (Phi) is 3.69. The van der Waals surface area contributed by atoms with E-state index in [0.29, 0.717) is 6.54 Å². The first kappa shape index (κ1) is 10.9. The molecule has 1 aromatic carbocycles. The van der Waals surface area contributed by atoms with Crippen molar-refractivity contribution in [1.29, 1.82) is 0 Å². The molecule has 0 bridgehead atoms. The number of aliphatic hydroxyl groups is 1. The number of rotatable bonds is 5. The number of aromatic amines is 1. The number of benzene rings is 1. The minimum absolute atomic E-state index is 0.0375. The van der Waals surface area contributed by atoms with E-state index in [9.17, 15) is 5.11 Å². The second-order valence-electron chi connectivity index (χ2n) is 3.60. The first-order chi connectivity index (χ1) is 7.90. The molecule has 2 rings (SSSR count). The molecule has 2 aromatic rings. The summed E-state index contributed by atoms with van der Waals surface area (Å²) in [5.41, 5.74) is 2.10. The van der Waals surface area contributed by atoms with Crippen LogP contribution in [0.3, 0.4) is 0 Å². The number of nitrogens with zero attached hydrogens (tertiary/aromatic N) is 1. The zero-order chi connectivity index (χ0) is 11.2. The Labute approximate surface area is 94.4 Å². The summed E-state index contributed by atoms with van der Waals surface area (Å²) in [6.07, 6.45) is 3.42. The molecule has 0 saturated heterocycles. The molecule has 3 N–H and O–H groups in total. The van der Waals surface area contributed by atoms with Crippen molar-refractivity contribution < 1.29 is 5.11 Å². The van der Waals surface area contributed by atoms with Gasteiger partial charge in [-0.05, 0) is 5.56 Å². The molecule has 4 nitrogen and oxygen atoms in total. The standard InChI is InChI=1S/C12H15N3O/c16-8-12(10-4-2-1-3-5-10)14-7-11-6-13-9-15-11/h1-6,9,12,14,16H,7-8H2,(H,13,15)/t12-/m0/s1. The molecule has 4 heteroatoms. The SMILES string of the molecule is OC[C@H](NCc1cnc[nH]1)c1ccccc1. The molecule has 16 heavy (non-hydrogen) atoms. The van der Waals surface area contributed by atoms with Crippen LogP contribution in [0.4, 0.5) is 0 Å². The highest BCUT2D eigenvalue weighted by Gasteiger charge is 2.08. The number of nitrogens with one attached hydrogen (secondary N) is 2. The molecule has 0 unspecified atom stereocenters. The zero-order valence-corrected chi connectivity index (χ0v) is 8.93. The summed E-state index contributed by atoms with van der Waals surface area (Å²) in [4.78, 5) is 6.95. The van der Waals surface area contributed by atoms with Gasteiger partial charge in [0, 0.05) is 18.4 Å². The Hall–Kier alpha value is -1.65. The fourth-order valence-electron chi connectivity index (χ4n) is 1.59. The molecule has 0 aliphatic rings. The van der Waals surface area contributed by atoms with Gasteiger partial charge in [0.25, 0.3) is 0 Å². The predicted molar refractivity (Wildman–Crippen MR) is 61.7 cm³/mol. The van der Waals surface area contributed by atoms with Crippen LogP contribution in [0.1, 0.15) is 17.3 Å². The lowest BCUT2D eigenvalue weighted by Gasteiger charge is -2.15. The molecule has 84 valence electrons. The third kappa shape index (κ3) is 2.68. The van der Waals surface area contributed by atoms with Gasteiger partial charge in [0.1, 0.15) is 0 Å². The Morgan fingerprint density at radius 2 is 2.12 bits per heavy atom. The maximum absolute atomic E-state index is 9.32. The smallest absolute Gasteiger partial charge is 0.0922 e. The minimum Gasteiger partial charge on any atom is -0.394 e. The van der Waals surface area contributed by atoms with Crippen LogP contribution < -0.4 is 5.32 Å². The van der Waals surface area contributed by atoms with E-state index in [1.165, 1.54) is 0 Å². The monoisotopic (exact) mass is 217 g/mol. The van der Waals surface area contributed by atoms with Gasteiger partial charge in [-0.3, -0.25) is 0 Å². The number of imidazole rings is 1. The van der Waals surface area contributed by atoms with Crippen molar-refractivity contribution in [2.75, 3.05) is 6.61 Å². The summed E-state index contributed by atoms with van der Waals surface area (Å²) < 4.78 is 0. The molecule has 0 fully saturated rings. The lowest BCUT2D eigenvalue weighted by Crippen LogP contribution is -2.24. The zero-order valence-electron chi connectivity index (χ0n) is 8.93. The minimum atomic E-state index is -0.0375. The Morgan fingerprint density at radius 1 is 1.31 bits per heavy atom. The Morgan fingerprint density at radius 3 is 2.75 bits per heavy atom. The van der Waals surface area contributed by atoms with Gasteiger partial charge in [-0.25, -0.2) is 4.98 Å². The van der Waals surface area contributed by atoms with Gasteiger partial charge in [0.15, 0.2) is 0 Å². The molecular formula is C12H15N3O. The molecule has 0 saturated carbocycles. The lowest BCUT2D eigenvalue weighted by atomic mass is 10.1. The normalized spacial score (nSPS) is 12.6. The summed E-state index contributed by atoms with van der Waals surface area (Å²) in [7, 11) is 0. The molecule has 1 heterocycles. The molecular weight excluding hydrogens is 202 g/mol.